The van der Waals surface area contributed by atoms with Crippen molar-refractivity contribution < 1.29 is 28.2 Å². The Morgan fingerprint density at radius 1 is 1.15 bits per heavy atom. The summed E-state index contributed by atoms with van der Waals surface area (Å²) in [5.41, 5.74) is 2.93. The molecule has 4 heterocycles. The van der Waals surface area contributed by atoms with Gasteiger partial charge in [0.1, 0.15) is 29.4 Å². The molecule has 0 aliphatic carbocycles. The summed E-state index contributed by atoms with van der Waals surface area (Å²) >= 11 is 1.36. The second kappa shape index (κ2) is 10.5. The minimum Gasteiger partial charge on any atom is -0.496 e. The fourth-order valence-corrected chi connectivity index (χ4v) is 5.57. The second-order valence-electron chi connectivity index (χ2n) is 9.14. The third-order valence-electron chi connectivity index (χ3n) is 6.78. The van der Waals surface area contributed by atoms with Gasteiger partial charge in [0.15, 0.2) is 5.76 Å². The van der Waals surface area contributed by atoms with Gasteiger partial charge in [-0.05, 0) is 61.4 Å². The topological polar surface area (TPSA) is 101 Å². The Bertz CT molecular complexity index is 1590. The lowest BCUT2D eigenvalue weighted by atomic mass is 10.1. The number of ether oxygens (including phenoxy) is 4. The van der Waals surface area contributed by atoms with Crippen molar-refractivity contribution >= 4 is 38.9 Å². The normalized spacial score (nSPS) is 15.3. The van der Waals surface area contributed by atoms with Gasteiger partial charge in [-0.25, -0.2) is 14.3 Å². The quantitative estimate of drug-likeness (QED) is 0.223. The van der Waals surface area contributed by atoms with Crippen molar-refractivity contribution in [2.45, 2.75) is 25.8 Å². The fraction of sp³-hybridized carbons (Fsp3) is 0.321. The lowest BCUT2D eigenvalue weighted by Gasteiger charge is -2.27. The molecule has 1 aliphatic rings. The highest BCUT2D eigenvalue weighted by atomic mass is 32.1. The molecule has 3 aromatic heterocycles. The molecule has 10 nitrogen and oxygen atoms in total. The predicted octanol–water partition coefficient (Wildman–Crippen LogP) is 5.45. The van der Waals surface area contributed by atoms with Crippen LogP contribution in [0.3, 0.4) is 0 Å². The van der Waals surface area contributed by atoms with Crippen LogP contribution in [-0.2, 0) is 4.74 Å². The molecule has 39 heavy (non-hydrogen) atoms. The number of carbonyl (C=O) groups is 1. The lowest BCUT2D eigenvalue weighted by Crippen LogP contribution is -2.34. The smallest absolute Gasteiger partial charge is 0.338 e. The third-order valence-corrected chi connectivity index (χ3v) is 7.66. The molecule has 2 aromatic carbocycles. The number of benzene rings is 2. The summed E-state index contributed by atoms with van der Waals surface area (Å²) in [5.74, 6) is 1.64. The van der Waals surface area contributed by atoms with E-state index in [-0.39, 0.29) is 12.0 Å². The van der Waals surface area contributed by atoms with E-state index < -0.39 is 0 Å². The number of carbonyl (C=O) groups excluding carboxylic acids is 1. The Balaban J connectivity index is 1.23. The number of fused-ring (bicyclic) bond motifs is 2. The number of furan rings is 1. The third kappa shape index (κ3) is 4.85. The van der Waals surface area contributed by atoms with Gasteiger partial charge in [-0.3, -0.25) is 0 Å². The van der Waals surface area contributed by atoms with E-state index in [0.29, 0.717) is 57.5 Å². The Hall–Kier alpha value is -4.25. The first-order chi connectivity index (χ1) is 19.1. The number of esters is 1. The van der Waals surface area contributed by atoms with Crippen LogP contribution >= 0.6 is 11.3 Å². The van der Waals surface area contributed by atoms with E-state index in [2.05, 4.69) is 15.0 Å². The number of methoxy groups -OCH3 is 2. The van der Waals surface area contributed by atoms with Crippen molar-refractivity contribution in [3.05, 3.63) is 54.2 Å². The SMILES string of the molecule is CCOC(=O)c1ccc(N2CCC[C@@H]2COc2cc(OC)cc3oc(-c4cn5nc(OC)sc5n4)cc23)cc1. The molecule has 6 rings (SSSR count). The highest BCUT2D eigenvalue weighted by Gasteiger charge is 2.26. The van der Waals surface area contributed by atoms with Gasteiger partial charge in [-0.15, -0.1) is 5.10 Å². The monoisotopic (exact) mass is 548 g/mol. The molecule has 202 valence electrons. The average molecular weight is 549 g/mol. The van der Waals surface area contributed by atoms with Gasteiger partial charge in [-0.1, -0.05) is 0 Å². The van der Waals surface area contributed by atoms with Gasteiger partial charge in [0.25, 0.3) is 5.19 Å². The van der Waals surface area contributed by atoms with Crippen molar-refractivity contribution in [2.24, 2.45) is 0 Å². The van der Waals surface area contributed by atoms with Crippen LogP contribution < -0.4 is 19.1 Å². The molecular formula is C28H28N4O6S. The fourth-order valence-electron chi connectivity index (χ4n) is 4.87. The number of aromatic nitrogens is 3. The molecular weight excluding hydrogens is 520 g/mol. The summed E-state index contributed by atoms with van der Waals surface area (Å²) in [6, 6.07) is 13.4. The zero-order chi connectivity index (χ0) is 26.9. The highest BCUT2D eigenvalue weighted by Crippen LogP contribution is 2.38. The molecule has 0 amide bonds. The van der Waals surface area contributed by atoms with Gasteiger partial charge >= 0.3 is 5.97 Å². The van der Waals surface area contributed by atoms with Gasteiger partial charge in [-0.2, -0.15) is 0 Å². The van der Waals surface area contributed by atoms with Crippen molar-refractivity contribution in [3.63, 3.8) is 0 Å². The first-order valence-corrected chi connectivity index (χ1v) is 13.6. The molecule has 0 saturated carbocycles. The van der Waals surface area contributed by atoms with Gasteiger partial charge in [0, 0.05) is 24.4 Å². The summed E-state index contributed by atoms with van der Waals surface area (Å²) in [7, 11) is 3.20. The second-order valence-corrected chi connectivity index (χ2v) is 10.1. The van der Waals surface area contributed by atoms with Crippen molar-refractivity contribution in [3.8, 4) is 28.1 Å². The van der Waals surface area contributed by atoms with E-state index in [1.165, 1.54) is 11.3 Å². The van der Waals surface area contributed by atoms with Crippen molar-refractivity contribution in [2.75, 3.05) is 38.9 Å². The first-order valence-electron chi connectivity index (χ1n) is 12.7. The molecule has 0 unspecified atom stereocenters. The van der Waals surface area contributed by atoms with Gasteiger partial charge < -0.3 is 28.3 Å². The molecule has 1 fully saturated rings. The summed E-state index contributed by atoms with van der Waals surface area (Å²) < 4.78 is 30.1. The zero-order valence-electron chi connectivity index (χ0n) is 21.9. The predicted molar refractivity (Wildman–Crippen MR) is 147 cm³/mol. The molecule has 0 N–H and O–H groups in total. The summed E-state index contributed by atoms with van der Waals surface area (Å²) in [6.45, 7) is 3.57. The maximum Gasteiger partial charge on any atom is 0.338 e. The van der Waals surface area contributed by atoms with Crippen LogP contribution in [0, 0.1) is 0 Å². The molecule has 0 radical (unpaired) electrons. The van der Waals surface area contributed by atoms with Crippen LogP contribution in [0.2, 0.25) is 0 Å². The summed E-state index contributed by atoms with van der Waals surface area (Å²) in [5, 5.41) is 5.73. The van der Waals surface area contributed by atoms with E-state index in [0.717, 1.165) is 30.5 Å². The Morgan fingerprint density at radius 2 is 2.00 bits per heavy atom. The largest absolute Gasteiger partial charge is 0.496 e. The van der Waals surface area contributed by atoms with Crippen LogP contribution in [0.4, 0.5) is 5.69 Å². The molecule has 1 saturated heterocycles. The molecule has 1 atom stereocenters. The van der Waals surface area contributed by atoms with Crippen LogP contribution in [-0.4, -0.2) is 60.6 Å². The van der Waals surface area contributed by atoms with E-state index in [9.17, 15) is 4.79 Å². The van der Waals surface area contributed by atoms with Crippen LogP contribution in [0.5, 0.6) is 16.7 Å². The van der Waals surface area contributed by atoms with Crippen molar-refractivity contribution in [1.29, 1.82) is 0 Å². The number of rotatable bonds is 9. The molecule has 11 heteroatoms. The summed E-state index contributed by atoms with van der Waals surface area (Å²) in [6.07, 6.45) is 3.88. The molecule has 5 aromatic rings. The maximum atomic E-state index is 12.0. The first kappa shape index (κ1) is 25.1. The van der Waals surface area contributed by atoms with Crippen LogP contribution in [0.25, 0.3) is 27.4 Å². The highest BCUT2D eigenvalue weighted by molar-refractivity contribution is 7.18. The lowest BCUT2D eigenvalue weighted by molar-refractivity contribution is 0.0526. The van der Waals surface area contributed by atoms with Gasteiger partial charge in [0.05, 0.1) is 44.0 Å². The standard InChI is InChI=1S/C28H28N4O6S/c1-4-36-26(33)17-7-9-18(10-8-17)31-11-5-6-19(31)16-37-23-12-20(34-2)13-24-21(23)14-25(38-24)22-15-32-27(29-22)39-28(30-32)35-3/h7-10,12-15,19H,4-6,11,16H2,1-3H3/t19-/m1/s1. The average Bonchev–Trinajstić information content (AvgIpc) is 3.74. The van der Waals surface area contributed by atoms with E-state index in [1.54, 1.807) is 25.7 Å². The number of anilines is 1. The Labute approximate surface area is 228 Å². The molecule has 0 spiro atoms. The summed E-state index contributed by atoms with van der Waals surface area (Å²) in [4.78, 5) is 19.7. The molecule has 0 bridgehead atoms. The molecule has 1 aliphatic heterocycles. The van der Waals surface area contributed by atoms with E-state index >= 15 is 0 Å². The maximum absolute atomic E-state index is 12.0. The number of hydrogen-bond acceptors (Lipinski definition) is 10. The minimum atomic E-state index is -0.307. The van der Waals surface area contributed by atoms with E-state index in [4.69, 9.17) is 23.4 Å². The van der Waals surface area contributed by atoms with Gasteiger partial charge in [0.2, 0.25) is 4.96 Å². The van der Waals surface area contributed by atoms with Crippen molar-refractivity contribution in [1.82, 2.24) is 14.6 Å². The number of imidazole rings is 1. The number of nitrogens with zero attached hydrogens (tertiary/aromatic N) is 4. The number of hydrogen-bond donors (Lipinski definition) is 0. The van der Waals surface area contributed by atoms with Crippen LogP contribution in [0.1, 0.15) is 30.1 Å². The Morgan fingerprint density at radius 3 is 2.74 bits per heavy atom. The Kier molecular flexibility index (Phi) is 6.74. The van der Waals surface area contributed by atoms with E-state index in [1.807, 2.05) is 48.7 Å². The minimum absolute atomic E-state index is 0.187. The zero-order valence-corrected chi connectivity index (χ0v) is 22.7. The van der Waals surface area contributed by atoms with Crippen LogP contribution in [0.15, 0.2) is 53.1 Å².